The maximum atomic E-state index is 13.9. The van der Waals surface area contributed by atoms with E-state index in [0.717, 1.165) is 69.2 Å². The first-order chi connectivity index (χ1) is 35.4. The molecule has 408 valence electrons. The first kappa shape index (κ1) is 60.0. The normalized spacial score (nSPS) is 22.8. The third-order valence-corrected chi connectivity index (χ3v) is 16.7. The average Bonchev–Trinajstić information content (AvgIpc) is 3.91. The van der Waals surface area contributed by atoms with Gasteiger partial charge in [-0.3, -0.25) is 29.0 Å². The summed E-state index contributed by atoms with van der Waals surface area (Å²) >= 11 is 24.4. The van der Waals surface area contributed by atoms with Crippen LogP contribution in [0.1, 0.15) is 116 Å². The van der Waals surface area contributed by atoms with Crippen LogP contribution in [0.4, 0.5) is 0 Å². The summed E-state index contributed by atoms with van der Waals surface area (Å²) < 4.78 is 0. The molecule has 11 nitrogen and oxygen atoms in total. The van der Waals surface area contributed by atoms with Crippen LogP contribution in [0.5, 0.6) is 0 Å². The molecule has 4 aliphatic rings. The highest BCUT2D eigenvalue weighted by Crippen LogP contribution is 2.35. The monoisotopic (exact) mass is 1100 g/mol. The molecule has 15 heteroatoms. The molecular weight excluding hydrogens is 1020 g/mol. The molecule has 2 unspecified atom stereocenters. The zero-order valence-corrected chi connectivity index (χ0v) is 46.9. The lowest BCUT2D eigenvalue weighted by atomic mass is 9.99. The standard InChI is InChI=1S/C30H39Cl2N3O2.C29H38Cl2N4O2.CH4/c1-20(2)15-27(29(36)33-18-23-10-12-25(31)26(32)17-23)34-14-13-24(11-9-22-7-5-4-6-8-22)35-19-21(3)16-28(35)30(34)37;1-19(2)14-26(28(36)33-17-21-9-11-24(30)25(31)15-21)34-13-12-23(10-8-20-6-4-3-5-7-20)35-18-22(32)16-27(35)29(34)37;/h4-8,10,12,17,20-21,24,27-28H,9,11,13-16,18-19H2,1-3H3,(H,33,36);3-7,9,11,15,19,22-23,26-27H,8,10,12-14,16-18,32H2,1-2H3,(H,33,36);1H4/t21-,24?,27-,28+;22-,23?,26-,27+;/m11./s1. The van der Waals surface area contributed by atoms with Crippen LogP contribution >= 0.6 is 46.4 Å². The number of carbonyl (C=O) groups excluding carboxylic acids is 4. The fourth-order valence-electron chi connectivity index (χ4n) is 11.5. The Kier molecular flexibility index (Phi) is 22.8. The summed E-state index contributed by atoms with van der Waals surface area (Å²) in [6, 6.07) is 30.9. The van der Waals surface area contributed by atoms with Gasteiger partial charge in [0, 0.05) is 57.4 Å². The summed E-state index contributed by atoms with van der Waals surface area (Å²) in [6.07, 6.45) is 8.39. The molecule has 0 spiro atoms. The van der Waals surface area contributed by atoms with E-state index in [0.29, 0.717) is 77.5 Å². The highest BCUT2D eigenvalue weighted by molar-refractivity contribution is 6.42. The molecule has 4 aromatic carbocycles. The van der Waals surface area contributed by atoms with Crippen molar-refractivity contribution >= 4 is 70.0 Å². The van der Waals surface area contributed by atoms with Crippen molar-refractivity contribution < 1.29 is 19.2 Å². The Bertz CT molecular complexity index is 2330. The number of amides is 4. The van der Waals surface area contributed by atoms with Gasteiger partial charge in [-0.25, -0.2) is 0 Å². The third-order valence-electron chi connectivity index (χ3n) is 15.3. The topological polar surface area (TPSA) is 131 Å². The molecule has 8 atom stereocenters. The number of halogens is 4. The lowest BCUT2D eigenvalue weighted by molar-refractivity contribution is -0.143. The lowest BCUT2D eigenvalue weighted by Gasteiger charge is -2.33. The molecular formula is C60H81Cl4N7O4. The summed E-state index contributed by atoms with van der Waals surface area (Å²) in [5.74, 6) is 0.919. The molecule has 4 aromatic rings. The molecule has 0 aliphatic carbocycles. The van der Waals surface area contributed by atoms with Gasteiger partial charge in [0.2, 0.25) is 23.6 Å². The zero-order chi connectivity index (χ0) is 53.1. The third kappa shape index (κ3) is 16.4. The van der Waals surface area contributed by atoms with Crippen LogP contribution in [0, 0.1) is 17.8 Å². The fourth-order valence-corrected chi connectivity index (χ4v) is 12.2. The fraction of sp³-hybridized carbons (Fsp3) is 0.533. The molecule has 0 saturated carbocycles. The van der Waals surface area contributed by atoms with Crippen LogP contribution in [-0.2, 0) is 45.1 Å². The largest absolute Gasteiger partial charge is 0.350 e. The number of nitrogens with two attached hydrogens (primary N) is 1. The molecule has 75 heavy (non-hydrogen) atoms. The number of fused-ring (bicyclic) bond motifs is 2. The molecule has 0 bridgehead atoms. The second-order valence-electron chi connectivity index (χ2n) is 22.0. The minimum atomic E-state index is -0.526. The molecule has 4 amide bonds. The van der Waals surface area contributed by atoms with Gasteiger partial charge in [-0.05, 0) is 128 Å². The van der Waals surface area contributed by atoms with Crippen molar-refractivity contribution in [3.8, 4) is 0 Å². The molecule has 4 N–H and O–H groups in total. The molecule has 0 radical (unpaired) electrons. The van der Waals surface area contributed by atoms with Gasteiger partial charge in [-0.2, -0.15) is 0 Å². The van der Waals surface area contributed by atoms with Crippen molar-refractivity contribution in [1.82, 2.24) is 30.2 Å². The number of hydrogen-bond donors (Lipinski definition) is 3. The summed E-state index contributed by atoms with van der Waals surface area (Å²) in [6.45, 7) is 14.1. The second-order valence-corrected chi connectivity index (χ2v) is 23.6. The SMILES string of the molecule is C.CC(C)C[C@H](C(=O)NCc1ccc(Cl)c(Cl)c1)N1CCC(CCc2ccccc2)N2C[C@H](C)C[C@H]2C1=O.CC(C)C[C@H](C(=O)NCc1ccc(Cl)c(Cl)c1)N1CCC(CCc2ccccc2)N2C[C@H](N)C[C@H]2C1=O. The number of nitrogens with zero attached hydrogens (tertiary/aromatic N) is 4. The Morgan fingerprint density at radius 1 is 0.587 bits per heavy atom. The van der Waals surface area contributed by atoms with Gasteiger partial charge in [-0.1, -0.05) is 161 Å². The van der Waals surface area contributed by atoms with Crippen molar-refractivity contribution in [3.63, 3.8) is 0 Å². The Labute approximate surface area is 467 Å². The molecule has 4 fully saturated rings. The van der Waals surface area contributed by atoms with E-state index in [2.05, 4.69) is 104 Å². The Morgan fingerprint density at radius 2 is 1.00 bits per heavy atom. The number of carbonyl (C=O) groups is 4. The average molecular weight is 1110 g/mol. The van der Waals surface area contributed by atoms with Crippen LogP contribution in [-0.4, -0.2) is 112 Å². The molecule has 0 aromatic heterocycles. The highest BCUT2D eigenvalue weighted by atomic mass is 35.5. The molecule has 4 saturated heterocycles. The van der Waals surface area contributed by atoms with Gasteiger partial charge >= 0.3 is 0 Å². The molecule has 8 rings (SSSR count). The van der Waals surface area contributed by atoms with Crippen molar-refractivity contribution in [2.24, 2.45) is 23.5 Å². The van der Waals surface area contributed by atoms with E-state index in [9.17, 15) is 19.2 Å². The van der Waals surface area contributed by atoms with E-state index in [1.54, 1.807) is 24.3 Å². The predicted octanol–water partition coefficient (Wildman–Crippen LogP) is 11.3. The number of benzene rings is 4. The quantitative estimate of drug-likeness (QED) is 0.0904. The van der Waals surface area contributed by atoms with Gasteiger partial charge in [0.05, 0.1) is 32.2 Å². The minimum absolute atomic E-state index is 0. The Hall–Kier alpha value is -4.20. The zero-order valence-electron chi connectivity index (χ0n) is 43.8. The first-order valence-corrected chi connectivity index (χ1v) is 28.4. The van der Waals surface area contributed by atoms with E-state index < -0.39 is 12.1 Å². The predicted molar refractivity (Wildman–Crippen MR) is 307 cm³/mol. The van der Waals surface area contributed by atoms with Crippen molar-refractivity contribution in [1.29, 1.82) is 0 Å². The summed E-state index contributed by atoms with van der Waals surface area (Å²) in [5, 5.41) is 7.99. The summed E-state index contributed by atoms with van der Waals surface area (Å²) in [7, 11) is 0. The van der Waals surface area contributed by atoms with Crippen LogP contribution in [0.25, 0.3) is 0 Å². The van der Waals surface area contributed by atoms with Gasteiger partial charge in [0.1, 0.15) is 12.1 Å². The van der Waals surface area contributed by atoms with Gasteiger partial charge in [0.15, 0.2) is 0 Å². The van der Waals surface area contributed by atoms with E-state index in [4.69, 9.17) is 52.1 Å². The van der Waals surface area contributed by atoms with Gasteiger partial charge in [-0.15, -0.1) is 0 Å². The van der Waals surface area contributed by atoms with Crippen molar-refractivity contribution in [2.45, 2.75) is 162 Å². The van der Waals surface area contributed by atoms with Crippen LogP contribution in [0.3, 0.4) is 0 Å². The van der Waals surface area contributed by atoms with Crippen molar-refractivity contribution in [2.75, 3.05) is 26.2 Å². The van der Waals surface area contributed by atoms with Crippen LogP contribution < -0.4 is 16.4 Å². The first-order valence-electron chi connectivity index (χ1n) is 26.8. The Morgan fingerprint density at radius 3 is 1.41 bits per heavy atom. The van der Waals surface area contributed by atoms with E-state index in [-0.39, 0.29) is 67.1 Å². The molecule has 4 aliphatic heterocycles. The maximum absolute atomic E-state index is 13.9. The summed E-state index contributed by atoms with van der Waals surface area (Å²) in [4.78, 5) is 63.4. The number of hydrogen-bond acceptors (Lipinski definition) is 7. The van der Waals surface area contributed by atoms with E-state index >= 15 is 0 Å². The molecule has 4 heterocycles. The Balaban J connectivity index is 0.000000241. The smallest absolute Gasteiger partial charge is 0.243 e. The summed E-state index contributed by atoms with van der Waals surface area (Å²) in [5.41, 5.74) is 10.7. The van der Waals surface area contributed by atoms with E-state index in [1.807, 2.05) is 34.1 Å². The van der Waals surface area contributed by atoms with E-state index in [1.165, 1.54) is 11.1 Å². The van der Waals surface area contributed by atoms with Crippen LogP contribution in [0.2, 0.25) is 20.1 Å². The van der Waals surface area contributed by atoms with Gasteiger partial charge < -0.3 is 26.2 Å². The number of nitrogens with one attached hydrogen (secondary N) is 2. The number of aryl methyl sites for hydroxylation is 2. The van der Waals surface area contributed by atoms with Crippen LogP contribution in [0.15, 0.2) is 97.1 Å². The highest BCUT2D eigenvalue weighted by Gasteiger charge is 2.47. The second kappa shape index (κ2) is 28.4. The van der Waals surface area contributed by atoms with Crippen molar-refractivity contribution in [3.05, 3.63) is 139 Å². The minimum Gasteiger partial charge on any atom is -0.350 e. The number of rotatable bonds is 18. The lowest BCUT2D eigenvalue weighted by Crippen LogP contribution is -2.53. The van der Waals surface area contributed by atoms with Gasteiger partial charge in [0.25, 0.3) is 0 Å². The maximum Gasteiger partial charge on any atom is 0.243 e.